The van der Waals surface area contributed by atoms with E-state index >= 15 is 0 Å². The molecule has 9 aliphatic carbocycles. The highest BCUT2D eigenvalue weighted by molar-refractivity contribution is 4.87. The first-order chi connectivity index (χ1) is 30.6. The minimum atomic E-state index is 1.02. The molecule has 366 valence electrons. The van der Waals surface area contributed by atoms with Gasteiger partial charge in [0.2, 0.25) is 0 Å². The van der Waals surface area contributed by atoms with Crippen LogP contribution in [0.15, 0.2) is 0 Å². The van der Waals surface area contributed by atoms with Gasteiger partial charge in [-0.15, -0.1) is 0 Å². The van der Waals surface area contributed by atoms with Crippen molar-refractivity contribution in [1.29, 1.82) is 0 Å². The Bertz CT molecular complexity index is 1080. The zero-order valence-corrected chi connectivity index (χ0v) is 44.0. The quantitative estimate of drug-likeness (QED) is 0.217. The first-order valence-corrected chi connectivity index (χ1v) is 30.6. The Morgan fingerprint density at radius 3 is 0.429 bits per heavy atom. The van der Waals surface area contributed by atoms with E-state index in [1.54, 1.807) is 148 Å². The molecular formula is C63H114. The van der Waals surface area contributed by atoms with Crippen molar-refractivity contribution in [3.8, 4) is 0 Å². The molecule has 0 heterocycles. The van der Waals surface area contributed by atoms with E-state index in [9.17, 15) is 0 Å². The molecule has 9 rings (SSSR count). The lowest BCUT2D eigenvalue weighted by Crippen LogP contribution is -2.28. The van der Waals surface area contributed by atoms with Crippen molar-refractivity contribution in [2.24, 2.45) is 107 Å². The van der Waals surface area contributed by atoms with Crippen molar-refractivity contribution in [1.82, 2.24) is 0 Å². The van der Waals surface area contributed by atoms with Gasteiger partial charge in [-0.05, 0) is 203 Å². The molecule has 0 nitrogen and oxygen atoms in total. The summed E-state index contributed by atoms with van der Waals surface area (Å²) in [6.45, 7) is 14.7. The molecule has 9 saturated carbocycles. The third-order valence-electron chi connectivity index (χ3n) is 22.3. The second kappa shape index (κ2) is 26.7. The number of rotatable bonds is 9. The van der Waals surface area contributed by atoms with Crippen LogP contribution in [0.25, 0.3) is 0 Å². The average molecular weight is 872 g/mol. The molecule has 9 fully saturated rings. The van der Waals surface area contributed by atoms with E-state index in [0.29, 0.717) is 0 Å². The van der Waals surface area contributed by atoms with Crippen LogP contribution in [0, 0.1) is 107 Å². The molecule has 0 radical (unpaired) electrons. The third-order valence-corrected chi connectivity index (χ3v) is 22.3. The normalized spacial score (nSPS) is 45.4. The summed E-state index contributed by atoms with van der Waals surface area (Å²) in [5.74, 6) is 19.4. The fourth-order valence-corrected chi connectivity index (χ4v) is 17.1. The summed E-state index contributed by atoms with van der Waals surface area (Å²) in [4.78, 5) is 0. The molecule has 0 amide bonds. The van der Waals surface area contributed by atoms with E-state index in [2.05, 4.69) is 41.5 Å². The smallest absolute Gasteiger partial charge is 0.0386 e. The molecule has 0 N–H and O–H groups in total. The van der Waals surface area contributed by atoms with E-state index in [1.165, 1.54) is 103 Å². The van der Waals surface area contributed by atoms with Gasteiger partial charge in [0.15, 0.2) is 0 Å². The van der Waals surface area contributed by atoms with E-state index in [1.807, 2.05) is 0 Å². The largest absolute Gasteiger partial charge is 0.0625 e. The van der Waals surface area contributed by atoms with Crippen molar-refractivity contribution < 1.29 is 0 Å². The molecule has 0 aromatic rings. The maximum absolute atomic E-state index is 2.47. The second-order valence-corrected chi connectivity index (χ2v) is 27.5. The molecule has 0 bridgehead atoms. The molecule has 0 aliphatic heterocycles. The minimum absolute atomic E-state index is 1.02. The summed E-state index contributed by atoms with van der Waals surface area (Å²) in [7, 11) is 0. The summed E-state index contributed by atoms with van der Waals surface area (Å²) in [5, 5.41) is 0. The van der Waals surface area contributed by atoms with Gasteiger partial charge in [-0.25, -0.2) is 0 Å². The Kier molecular flexibility index (Phi) is 21.5. The van der Waals surface area contributed by atoms with Crippen molar-refractivity contribution in [2.75, 3.05) is 0 Å². The number of hydrogen-bond acceptors (Lipinski definition) is 0. The van der Waals surface area contributed by atoms with Gasteiger partial charge in [0.05, 0.1) is 0 Å². The molecule has 0 aromatic heterocycles. The Balaban J connectivity index is 0.000000148. The summed E-state index contributed by atoms with van der Waals surface area (Å²) in [5.41, 5.74) is 0. The van der Waals surface area contributed by atoms with Gasteiger partial charge in [-0.1, -0.05) is 196 Å². The summed E-state index contributed by atoms with van der Waals surface area (Å²) in [6, 6.07) is 0. The summed E-state index contributed by atoms with van der Waals surface area (Å²) in [6.07, 6.45) is 60.4. The van der Waals surface area contributed by atoms with Crippen LogP contribution in [0.2, 0.25) is 0 Å². The van der Waals surface area contributed by atoms with Gasteiger partial charge in [-0.2, -0.15) is 0 Å². The first-order valence-electron chi connectivity index (χ1n) is 30.6. The molecule has 0 saturated heterocycles. The monoisotopic (exact) mass is 871 g/mol. The third kappa shape index (κ3) is 17.2. The van der Waals surface area contributed by atoms with E-state index in [4.69, 9.17) is 0 Å². The van der Waals surface area contributed by atoms with Crippen LogP contribution >= 0.6 is 0 Å². The Labute approximate surface area is 396 Å². The van der Waals surface area contributed by atoms with Crippen LogP contribution in [0.1, 0.15) is 292 Å². The van der Waals surface area contributed by atoms with Gasteiger partial charge in [0, 0.05) is 0 Å². The summed E-state index contributed by atoms with van der Waals surface area (Å²) >= 11 is 0. The molecule has 0 unspecified atom stereocenters. The number of hydrogen-bond donors (Lipinski definition) is 0. The van der Waals surface area contributed by atoms with Crippen LogP contribution in [0.3, 0.4) is 0 Å². The first kappa shape index (κ1) is 50.9. The van der Waals surface area contributed by atoms with Gasteiger partial charge in [0.25, 0.3) is 0 Å². The van der Waals surface area contributed by atoms with Crippen LogP contribution in [-0.2, 0) is 0 Å². The van der Waals surface area contributed by atoms with E-state index in [0.717, 1.165) is 107 Å². The van der Waals surface area contributed by atoms with Crippen molar-refractivity contribution in [2.45, 2.75) is 292 Å². The van der Waals surface area contributed by atoms with Crippen molar-refractivity contribution in [3.63, 3.8) is 0 Å². The van der Waals surface area contributed by atoms with E-state index in [-0.39, 0.29) is 0 Å². The maximum atomic E-state index is 2.47. The lowest BCUT2D eigenvalue weighted by atomic mass is 9.66. The van der Waals surface area contributed by atoms with Crippen LogP contribution < -0.4 is 0 Å². The van der Waals surface area contributed by atoms with Crippen molar-refractivity contribution >= 4 is 0 Å². The van der Waals surface area contributed by atoms with Gasteiger partial charge in [-0.3, -0.25) is 0 Å². The van der Waals surface area contributed by atoms with Crippen molar-refractivity contribution in [3.05, 3.63) is 0 Å². The second-order valence-electron chi connectivity index (χ2n) is 27.5. The van der Waals surface area contributed by atoms with Crippen LogP contribution in [0.4, 0.5) is 0 Å². The average Bonchev–Trinajstić information content (AvgIpc) is 3.31. The Morgan fingerprint density at radius 2 is 0.270 bits per heavy atom. The zero-order valence-electron chi connectivity index (χ0n) is 44.0. The molecule has 0 spiro atoms. The molecule has 0 heteroatoms. The maximum Gasteiger partial charge on any atom is -0.0386 e. The van der Waals surface area contributed by atoms with E-state index < -0.39 is 0 Å². The molecule has 0 atom stereocenters. The molecule has 0 aromatic carbocycles. The van der Waals surface area contributed by atoms with Gasteiger partial charge in [0.1, 0.15) is 0 Å². The fourth-order valence-electron chi connectivity index (χ4n) is 17.1. The topological polar surface area (TPSA) is 0 Å². The predicted molar refractivity (Wildman–Crippen MR) is 277 cm³/mol. The zero-order chi connectivity index (χ0) is 44.0. The minimum Gasteiger partial charge on any atom is -0.0625 e. The lowest BCUT2D eigenvalue weighted by Gasteiger charge is -2.40. The molecule has 9 aliphatic rings. The lowest BCUT2D eigenvalue weighted by molar-refractivity contribution is 0.117. The highest BCUT2D eigenvalue weighted by atomic mass is 14.4. The molecular weight excluding hydrogens is 757 g/mol. The summed E-state index contributed by atoms with van der Waals surface area (Å²) < 4.78 is 0. The van der Waals surface area contributed by atoms with Crippen LogP contribution in [0.5, 0.6) is 0 Å². The van der Waals surface area contributed by atoms with Crippen LogP contribution in [-0.4, -0.2) is 0 Å². The molecule has 63 heavy (non-hydrogen) atoms. The highest BCUT2D eigenvalue weighted by Crippen LogP contribution is 2.47. The standard InChI is InChI=1S/C27H48.C21H38.C15H28/c1-20-3-11-24(12-4-20)26-15-7-22(8-16-26)19-23-9-17-27(18-10-23)25-13-5-21(2)6-14-25;1-16-3-7-18(8-4-16)15-19-9-13-21(14-10-19)20-11-5-17(2)6-12-20;1-12-3-7-14(8-4-12)11-15-9-5-13(2)6-10-15/h20-27H,3-19H2,1-2H3;16-21H,3-15H2,1-2H3;12-15H,3-11H2,1-2H3. The van der Waals surface area contributed by atoms with Gasteiger partial charge < -0.3 is 0 Å². The Morgan fingerprint density at radius 1 is 0.159 bits per heavy atom. The van der Waals surface area contributed by atoms with Gasteiger partial charge >= 0.3 is 0 Å². The predicted octanol–water partition coefficient (Wildman–Crippen LogP) is 20.5. The SMILES string of the molecule is CC1CCC(C2CCC(CC3CCC(C4CCC(C)CC4)CC3)CC2)CC1.CC1CCC(CC2CCC(C)CC2)CC1.CC1CCC(CC2CCC(C3CCC(C)CC3)CC2)CC1. The fraction of sp³-hybridized carbons (Fsp3) is 1.00. The Hall–Kier alpha value is 0. The highest BCUT2D eigenvalue weighted by Gasteiger charge is 2.35.